The minimum absolute atomic E-state index is 0.367. The minimum Gasteiger partial charge on any atom is -0.451 e. The molecule has 1 heterocycles. The Hall–Kier alpha value is -3.19. The van der Waals surface area contributed by atoms with E-state index < -0.39 is 29.9 Å². The van der Waals surface area contributed by atoms with Gasteiger partial charge in [-0.05, 0) is 18.2 Å². The molecule has 2 aromatic rings. The highest BCUT2D eigenvalue weighted by molar-refractivity contribution is 5.99. The summed E-state index contributed by atoms with van der Waals surface area (Å²) in [5.41, 5.74) is 3.28. The third kappa shape index (κ3) is 2.84. The van der Waals surface area contributed by atoms with Crippen LogP contribution in [0.5, 0.6) is 0 Å². The van der Waals surface area contributed by atoms with E-state index in [0.717, 1.165) is 0 Å². The molecular formula is C17H15N3O4. The number of benzene rings is 2. The largest absolute Gasteiger partial charge is 0.451 e. The number of hydrogen-bond acceptors (Lipinski definition) is 5. The molecule has 0 radical (unpaired) electrons. The van der Waals surface area contributed by atoms with Gasteiger partial charge in [0.15, 0.2) is 12.1 Å². The van der Waals surface area contributed by atoms with Crippen molar-refractivity contribution in [3.63, 3.8) is 0 Å². The number of amides is 2. The maximum absolute atomic E-state index is 12.4. The molecule has 2 amide bonds. The van der Waals surface area contributed by atoms with Crippen LogP contribution >= 0.6 is 0 Å². The highest BCUT2D eigenvalue weighted by atomic mass is 16.6. The molecule has 4 N–H and O–H groups in total. The Bertz CT molecular complexity index is 791. The normalized spacial score (nSPS) is 16.7. The van der Waals surface area contributed by atoms with Gasteiger partial charge in [0.2, 0.25) is 0 Å². The summed E-state index contributed by atoms with van der Waals surface area (Å²) in [4.78, 5) is 36.4. The van der Waals surface area contributed by atoms with Gasteiger partial charge in [-0.2, -0.15) is 0 Å². The lowest BCUT2D eigenvalue weighted by Crippen LogP contribution is -2.52. The Balaban J connectivity index is 1.90. The molecule has 1 aliphatic heterocycles. The van der Waals surface area contributed by atoms with Crippen molar-refractivity contribution in [2.24, 2.45) is 5.84 Å². The van der Waals surface area contributed by atoms with E-state index >= 15 is 0 Å². The predicted molar refractivity (Wildman–Crippen MR) is 84.6 cm³/mol. The number of esters is 1. The van der Waals surface area contributed by atoms with Gasteiger partial charge in [-0.1, -0.05) is 36.4 Å². The number of rotatable bonds is 4. The highest BCUT2D eigenvalue weighted by Gasteiger charge is 2.40. The first-order chi connectivity index (χ1) is 11.6. The second kappa shape index (κ2) is 6.51. The van der Waals surface area contributed by atoms with E-state index in [0.29, 0.717) is 16.7 Å². The van der Waals surface area contributed by atoms with Gasteiger partial charge in [-0.15, -0.1) is 0 Å². The summed E-state index contributed by atoms with van der Waals surface area (Å²) < 4.78 is 5.28. The second-order valence-corrected chi connectivity index (χ2v) is 5.24. The van der Waals surface area contributed by atoms with Crippen LogP contribution in [0, 0.1) is 0 Å². The second-order valence-electron chi connectivity index (χ2n) is 5.24. The van der Waals surface area contributed by atoms with Crippen molar-refractivity contribution >= 4 is 17.8 Å². The zero-order chi connectivity index (χ0) is 17.1. The van der Waals surface area contributed by atoms with Gasteiger partial charge >= 0.3 is 5.97 Å². The summed E-state index contributed by atoms with van der Waals surface area (Å²) in [7, 11) is 0. The third-order valence-electron chi connectivity index (χ3n) is 3.77. The van der Waals surface area contributed by atoms with Crippen LogP contribution in [0.15, 0.2) is 54.6 Å². The number of hydrazine groups is 1. The molecule has 122 valence electrons. The lowest BCUT2D eigenvalue weighted by Gasteiger charge is -2.22. The Kier molecular flexibility index (Phi) is 4.26. The highest BCUT2D eigenvalue weighted by Crippen LogP contribution is 2.33. The van der Waals surface area contributed by atoms with E-state index in [2.05, 4.69) is 5.32 Å². The first-order valence-electron chi connectivity index (χ1n) is 7.28. The fourth-order valence-electron chi connectivity index (χ4n) is 2.60. The molecule has 3 rings (SSSR count). The molecule has 0 fully saturated rings. The SMILES string of the molecule is NNC(=O)[C@H](NC(=O)c1ccccc1)[C@H]1OC(=O)c2ccccc21. The Labute approximate surface area is 137 Å². The van der Waals surface area contributed by atoms with E-state index in [1.807, 2.05) is 5.43 Å². The van der Waals surface area contributed by atoms with E-state index in [-0.39, 0.29) is 0 Å². The van der Waals surface area contributed by atoms with Crippen molar-refractivity contribution in [3.05, 3.63) is 71.3 Å². The maximum Gasteiger partial charge on any atom is 0.339 e. The standard InChI is InChI=1S/C17H15N3O4/c18-20-16(22)13(19-15(21)10-6-2-1-3-7-10)14-11-8-4-5-9-12(11)17(23)24-14/h1-9,13-14H,18H2,(H,19,21)(H,20,22)/t13-,14+/m1/s1. The summed E-state index contributed by atoms with van der Waals surface area (Å²) in [6.45, 7) is 0. The van der Waals surface area contributed by atoms with Gasteiger partial charge in [0, 0.05) is 11.1 Å². The summed E-state index contributed by atoms with van der Waals surface area (Å²) in [6.07, 6.45) is -0.940. The van der Waals surface area contributed by atoms with Crippen molar-refractivity contribution < 1.29 is 19.1 Å². The van der Waals surface area contributed by atoms with Crippen LogP contribution in [0.2, 0.25) is 0 Å². The van der Waals surface area contributed by atoms with E-state index in [4.69, 9.17) is 10.6 Å². The third-order valence-corrected chi connectivity index (χ3v) is 3.77. The van der Waals surface area contributed by atoms with E-state index in [1.54, 1.807) is 54.6 Å². The van der Waals surface area contributed by atoms with Crippen LogP contribution in [0.25, 0.3) is 0 Å². The van der Waals surface area contributed by atoms with Crippen molar-refractivity contribution in [1.29, 1.82) is 0 Å². The molecule has 0 spiro atoms. The van der Waals surface area contributed by atoms with Crippen molar-refractivity contribution in [2.45, 2.75) is 12.1 Å². The van der Waals surface area contributed by atoms with Gasteiger partial charge in [0.05, 0.1) is 5.56 Å². The van der Waals surface area contributed by atoms with Gasteiger partial charge in [0.25, 0.3) is 11.8 Å². The molecule has 0 bridgehead atoms. The van der Waals surface area contributed by atoms with Crippen LogP contribution in [-0.2, 0) is 9.53 Å². The fourth-order valence-corrected chi connectivity index (χ4v) is 2.60. The summed E-state index contributed by atoms with van der Waals surface area (Å²) >= 11 is 0. The molecule has 7 nitrogen and oxygen atoms in total. The van der Waals surface area contributed by atoms with Crippen LogP contribution in [0.3, 0.4) is 0 Å². The zero-order valence-corrected chi connectivity index (χ0v) is 12.6. The van der Waals surface area contributed by atoms with Crippen molar-refractivity contribution in [2.75, 3.05) is 0 Å². The topological polar surface area (TPSA) is 111 Å². The number of nitrogens with two attached hydrogens (primary N) is 1. The fraction of sp³-hybridized carbons (Fsp3) is 0.118. The number of hydrogen-bond donors (Lipinski definition) is 3. The Morgan fingerprint density at radius 3 is 2.42 bits per heavy atom. The van der Waals surface area contributed by atoms with Crippen LogP contribution in [0.1, 0.15) is 32.4 Å². The monoisotopic (exact) mass is 325 g/mol. The maximum atomic E-state index is 12.4. The van der Waals surface area contributed by atoms with Crippen LogP contribution in [-0.4, -0.2) is 23.8 Å². The van der Waals surface area contributed by atoms with Crippen LogP contribution < -0.4 is 16.6 Å². The first kappa shape index (κ1) is 15.7. The van der Waals surface area contributed by atoms with E-state index in [9.17, 15) is 14.4 Å². The predicted octanol–water partition coefficient (Wildman–Crippen LogP) is 0.687. The molecule has 0 saturated carbocycles. The Morgan fingerprint density at radius 1 is 1.04 bits per heavy atom. The lowest BCUT2D eigenvalue weighted by molar-refractivity contribution is -0.125. The zero-order valence-electron chi connectivity index (χ0n) is 12.6. The first-order valence-corrected chi connectivity index (χ1v) is 7.28. The number of cyclic esters (lactones) is 1. The molecule has 0 aliphatic carbocycles. The van der Waals surface area contributed by atoms with Gasteiger partial charge in [-0.25, -0.2) is 10.6 Å². The van der Waals surface area contributed by atoms with Crippen molar-refractivity contribution in [1.82, 2.24) is 10.7 Å². The summed E-state index contributed by atoms with van der Waals surface area (Å²) in [5, 5.41) is 2.58. The number of fused-ring (bicyclic) bond motifs is 1. The smallest absolute Gasteiger partial charge is 0.339 e. The average Bonchev–Trinajstić information content (AvgIpc) is 2.96. The van der Waals surface area contributed by atoms with Gasteiger partial charge < -0.3 is 10.1 Å². The summed E-state index contributed by atoms with van der Waals surface area (Å²) in [6, 6.07) is 14.0. The average molecular weight is 325 g/mol. The number of carbonyl (C=O) groups is 3. The molecule has 2 aromatic carbocycles. The molecule has 0 saturated heterocycles. The number of carbonyl (C=O) groups excluding carboxylic acids is 3. The summed E-state index contributed by atoms with van der Waals surface area (Å²) in [5.74, 6) is 3.55. The van der Waals surface area contributed by atoms with Crippen LogP contribution in [0.4, 0.5) is 0 Å². The molecule has 2 atom stereocenters. The number of ether oxygens (including phenoxy) is 1. The Morgan fingerprint density at radius 2 is 1.71 bits per heavy atom. The molecular weight excluding hydrogens is 310 g/mol. The molecule has 0 unspecified atom stereocenters. The quantitative estimate of drug-likeness (QED) is 0.331. The van der Waals surface area contributed by atoms with Gasteiger partial charge in [-0.3, -0.25) is 15.0 Å². The molecule has 0 aromatic heterocycles. The van der Waals surface area contributed by atoms with Gasteiger partial charge in [0.1, 0.15) is 0 Å². The molecule has 1 aliphatic rings. The van der Waals surface area contributed by atoms with Crippen molar-refractivity contribution in [3.8, 4) is 0 Å². The number of nitrogens with one attached hydrogen (secondary N) is 2. The molecule has 7 heteroatoms. The lowest BCUT2D eigenvalue weighted by atomic mass is 9.99. The molecule has 24 heavy (non-hydrogen) atoms. The van der Waals surface area contributed by atoms with E-state index in [1.165, 1.54) is 0 Å². The minimum atomic E-state index is -1.14.